The molecule has 6 nitrogen and oxygen atoms in total. The Labute approximate surface area is 237 Å². The third kappa shape index (κ3) is 6.04. The van der Waals surface area contributed by atoms with Crippen molar-refractivity contribution in [2.45, 2.75) is 27.7 Å². The number of hydrogen-bond acceptors (Lipinski definition) is 6. The van der Waals surface area contributed by atoms with Crippen LogP contribution in [0.1, 0.15) is 27.8 Å². The second-order valence-electron chi connectivity index (χ2n) is 8.98. The highest BCUT2D eigenvalue weighted by Crippen LogP contribution is 2.40. The monoisotopic (exact) mass is 566 g/mol. The number of nitrogens with one attached hydrogen (secondary N) is 1. The molecule has 0 bridgehead atoms. The fraction of sp³-hybridized carbons (Fsp3) is 0.207. The second-order valence-corrected chi connectivity index (χ2v) is 11.1. The molecule has 1 fully saturated rings. The maximum absolute atomic E-state index is 13.2. The van der Waals surface area contributed by atoms with Crippen molar-refractivity contribution in [3.63, 3.8) is 0 Å². The molecular formula is C29H27ClN2O4S2. The van der Waals surface area contributed by atoms with E-state index in [2.05, 4.69) is 5.32 Å². The summed E-state index contributed by atoms with van der Waals surface area (Å²) in [6, 6.07) is 14.9. The fourth-order valence-electron chi connectivity index (χ4n) is 3.95. The van der Waals surface area contributed by atoms with Gasteiger partial charge in [0.15, 0.2) is 22.4 Å². The summed E-state index contributed by atoms with van der Waals surface area (Å²) >= 11 is 13.2. The number of rotatable bonds is 7. The number of thioether (sulfide) groups is 1. The van der Waals surface area contributed by atoms with Crippen molar-refractivity contribution in [1.29, 1.82) is 0 Å². The van der Waals surface area contributed by atoms with E-state index in [9.17, 15) is 9.59 Å². The number of aryl methyl sites for hydroxylation is 4. The van der Waals surface area contributed by atoms with E-state index in [-0.39, 0.29) is 29.2 Å². The first-order chi connectivity index (χ1) is 18.1. The lowest BCUT2D eigenvalue weighted by Gasteiger charge is -2.16. The topological polar surface area (TPSA) is 67.9 Å². The largest absolute Gasteiger partial charge is 0.493 e. The minimum Gasteiger partial charge on any atom is -0.493 e. The van der Waals surface area contributed by atoms with Crippen LogP contribution in [0.5, 0.6) is 11.5 Å². The molecule has 2 amide bonds. The number of anilines is 2. The van der Waals surface area contributed by atoms with Crippen molar-refractivity contribution in [1.82, 2.24) is 0 Å². The second kappa shape index (κ2) is 11.6. The Bertz CT molecular complexity index is 1490. The number of nitrogens with zero attached hydrogens (tertiary/aromatic N) is 1. The Morgan fingerprint density at radius 2 is 1.82 bits per heavy atom. The molecule has 1 aliphatic rings. The summed E-state index contributed by atoms with van der Waals surface area (Å²) in [7, 11) is 1.48. The molecule has 1 heterocycles. The zero-order valence-electron chi connectivity index (χ0n) is 21.7. The van der Waals surface area contributed by atoms with Crippen LogP contribution in [0.25, 0.3) is 6.08 Å². The van der Waals surface area contributed by atoms with Crippen LogP contribution < -0.4 is 19.7 Å². The first-order valence-electron chi connectivity index (χ1n) is 11.8. The Morgan fingerprint density at radius 1 is 1.05 bits per heavy atom. The van der Waals surface area contributed by atoms with Gasteiger partial charge in [0.25, 0.3) is 11.8 Å². The minimum absolute atomic E-state index is 0.207. The van der Waals surface area contributed by atoms with Crippen molar-refractivity contribution in [2.24, 2.45) is 0 Å². The highest BCUT2D eigenvalue weighted by molar-refractivity contribution is 8.27. The normalized spacial score (nSPS) is 14.3. The van der Waals surface area contributed by atoms with Crippen LogP contribution in [0.4, 0.5) is 11.4 Å². The average Bonchev–Trinajstić information content (AvgIpc) is 3.14. The van der Waals surface area contributed by atoms with Crippen molar-refractivity contribution in [3.8, 4) is 11.5 Å². The fourth-order valence-corrected chi connectivity index (χ4v) is 5.52. The van der Waals surface area contributed by atoms with Crippen LogP contribution in [0.3, 0.4) is 0 Å². The summed E-state index contributed by atoms with van der Waals surface area (Å²) in [5.41, 5.74) is 6.38. The van der Waals surface area contributed by atoms with E-state index in [1.165, 1.54) is 23.8 Å². The van der Waals surface area contributed by atoms with Crippen LogP contribution in [0, 0.1) is 27.7 Å². The number of ether oxygens (including phenoxy) is 2. The number of benzene rings is 3. The van der Waals surface area contributed by atoms with Gasteiger partial charge in [0.2, 0.25) is 0 Å². The molecule has 0 radical (unpaired) electrons. The SMILES string of the molecule is COc1cc(/C=C2\SC(=S)N(c3ccc(C)c(C)c3)C2=O)cc(Cl)c1OCC(=O)Nc1ccc(C)cc1C. The number of halogens is 1. The van der Waals surface area contributed by atoms with Gasteiger partial charge >= 0.3 is 0 Å². The number of carbonyl (C=O) groups excluding carboxylic acids is 2. The van der Waals surface area contributed by atoms with Gasteiger partial charge < -0.3 is 14.8 Å². The number of hydrogen-bond donors (Lipinski definition) is 1. The van der Waals surface area contributed by atoms with E-state index in [1.54, 1.807) is 18.2 Å². The van der Waals surface area contributed by atoms with Gasteiger partial charge in [0.1, 0.15) is 0 Å². The molecule has 3 aromatic carbocycles. The van der Waals surface area contributed by atoms with Gasteiger partial charge in [-0.05, 0) is 86.4 Å². The predicted octanol–water partition coefficient (Wildman–Crippen LogP) is 7.01. The molecule has 0 atom stereocenters. The average molecular weight is 567 g/mol. The number of methoxy groups -OCH3 is 1. The summed E-state index contributed by atoms with van der Waals surface area (Å²) in [4.78, 5) is 27.7. The van der Waals surface area contributed by atoms with Gasteiger partial charge in [-0.25, -0.2) is 0 Å². The maximum atomic E-state index is 13.2. The molecule has 196 valence electrons. The maximum Gasteiger partial charge on any atom is 0.270 e. The van der Waals surface area contributed by atoms with E-state index in [0.717, 1.165) is 33.6 Å². The summed E-state index contributed by atoms with van der Waals surface area (Å²) < 4.78 is 11.7. The van der Waals surface area contributed by atoms with E-state index in [4.69, 9.17) is 33.3 Å². The van der Waals surface area contributed by atoms with Crippen LogP contribution in [0.15, 0.2) is 53.4 Å². The first kappa shape index (κ1) is 27.7. The van der Waals surface area contributed by atoms with Crippen LogP contribution >= 0.6 is 35.6 Å². The molecule has 0 spiro atoms. The molecule has 3 aromatic rings. The molecule has 0 unspecified atom stereocenters. The number of carbonyl (C=O) groups is 2. The van der Waals surface area contributed by atoms with E-state index in [1.807, 2.05) is 64.1 Å². The van der Waals surface area contributed by atoms with Gasteiger partial charge in [0.05, 0.1) is 22.7 Å². The van der Waals surface area contributed by atoms with Crippen LogP contribution in [0.2, 0.25) is 5.02 Å². The van der Waals surface area contributed by atoms with Gasteiger partial charge in [-0.1, -0.05) is 59.3 Å². The lowest BCUT2D eigenvalue weighted by atomic mass is 10.1. The van der Waals surface area contributed by atoms with Crippen molar-refractivity contribution < 1.29 is 19.1 Å². The van der Waals surface area contributed by atoms with Gasteiger partial charge in [0, 0.05) is 5.69 Å². The molecule has 0 aliphatic carbocycles. The van der Waals surface area contributed by atoms with Crippen LogP contribution in [-0.4, -0.2) is 29.9 Å². The lowest BCUT2D eigenvalue weighted by molar-refractivity contribution is -0.118. The molecule has 9 heteroatoms. The zero-order chi connectivity index (χ0) is 27.6. The zero-order valence-corrected chi connectivity index (χ0v) is 24.1. The molecule has 38 heavy (non-hydrogen) atoms. The molecule has 1 aliphatic heterocycles. The Morgan fingerprint density at radius 3 is 2.50 bits per heavy atom. The Balaban J connectivity index is 1.50. The van der Waals surface area contributed by atoms with E-state index in [0.29, 0.717) is 20.5 Å². The number of amides is 2. The summed E-state index contributed by atoms with van der Waals surface area (Å²) in [5.74, 6) is 0.0494. The molecule has 1 N–H and O–H groups in total. The quantitative estimate of drug-likeness (QED) is 0.245. The van der Waals surface area contributed by atoms with Crippen molar-refractivity contribution in [2.75, 3.05) is 23.9 Å². The third-order valence-corrected chi connectivity index (χ3v) is 7.68. The van der Waals surface area contributed by atoms with Crippen molar-refractivity contribution in [3.05, 3.63) is 86.3 Å². The first-order valence-corrected chi connectivity index (χ1v) is 13.4. The molecular weight excluding hydrogens is 540 g/mol. The smallest absolute Gasteiger partial charge is 0.270 e. The number of thiocarbonyl (C=S) groups is 1. The van der Waals surface area contributed by atoms with Crippen molar-refractivity contribution >= 4 is 69.2 Å². The third-order valence-electron chi connectivity index (χ3n) is 6.10. The molecule has 0 aromatic heterocycles. The highest BCUT2D eigenvalue weighted by Gasteiger charge is 2.33. The summed E-state index contributed by atoms with van der Waals surface area (Å²) in [6.45, 7) is 7.68. The van der Waals surface area contributed by atoms with E-state index >= 15 is 0 Å². The molecule has 0 saturated carbocycles. The lowest BCUT2D eigenvalue weighted by Crippen LogP contribution is -2.27. The molecule has 4 rings (SSSR count). The summed E-state index contributed by atoms with van der Waals surface area (Å²) in [5, 5.41) is 3.09. The Hall–Kier alpha value is -3.33. The predicted molar refractivity (Wildman–Crippen MR) is 160 cm³/mol. The van der Waals surface area contributed by atoms with Gasteiger partial charge in [-0.15, -0.1) is 0 Å². The standard InChI is InChI=1S/C29H27ClN2O4S2/c1-16-6-9-23(19(4)10-16)31-26(33)15-36-27-22(30)12-20(13-24(27)35-5)14-25-28(34)32(29(37)38-25)21-8-7-17(2)18(3)11-21/h6-14H,15H2,1-5H3,(H,31,33)/b25-14-. The van der Waals surface area contributed by atoms with Crippen LogP contribution in [-0.2, 0) is 9.59 Å². The van der Waals surface area contributed by atoms with Gasteiger partial charge in [-0.3, -0.25) is 14.5 Å². The molecule has 1 saturated heterocycles. The summed E-state index contributed by atoms with van der Waals surface area (Å²) in [6.07, 6.45) is 1.71. The van der Waals surface area contributed by atoms with E-state index < -0.39 is 0 Å². The highest BCUT2D eigenvalue weighted by atomic mass is 35.5. The minimum atomic E-state index is -0.325. The van der Waals surface area contributed by atoms with Gasteiger partial charge in [-0.2, -0.15) is 0 Å². The Kier molecular flexibility index (Phi) is 8.45.